The van der Waals surface area contributed by atoms with E-state index in [4.69, 9.17) is 9.47 Å². The van der Waals surface area contributed by atoms with Crippen LogP contribution >= 0.6 is 0 Å². The molecule has 24 heavy (non-hydrogen) atoms. The van der Waals surface area contributed by atoms with Crippen molar-refractivity contribution >= 4 is 11.8 Å². The summed E-state index contributed by atoms with van der Waals surface area (Å²) in [6, 6.07) is 12.8. The third-order valence-electron chi connectivity index (χ3n) is 4.85. The highest BCUT2D eigenvalue weighted by atomic mass is 16.5. The molecule has 2 atom stereocenters. The summed E-state index contributed by atoms with van der Waals surface area (Å²) in [6.07, 6.45) is 0.566. The van der Waals surface area contributed by atoms with Crippen LogP contribution < -0.4 is 9.47 Å². The summed E-state index contributed by atoms with van der Waals surface area (Å²) in [6.45, 7) is 3.90. The maximum atomic E-state index is 12.9. The van der Waals surface area contributed by atoms with Crippen molar-refractivity contribution in [1.82, 2.24) is 0 Å². The minimum atomic E-state index is -0.458. The molecule has 0 spiro atoms. The zero-order valence-electron chi connectivity index (χ0n) is 13.2. The molecule has 0 N–H and O–H groups in total. The molecule has 0 aromatic heterocycles. The summed E-state index contributed by atoms with van der Waals surface area (Å²) in [5.41, 5.74) is 2.84. The molecule has 0 saturated carbocycles. The van der Waals surface area contributed by atoms with E-state index in [1.54, 1.807) is 25.3 Å². The number of para-hydroxylation sites is 1. The maximum absolute atomic E-state index is 12.9. The summed E-state index contributed by atoms with van der Waals surface area (Å²) in [5, 5.41) is 0. The molecule has 120 valence electrons. The van der Waals surface area contributed by atoms with E-state index in [9.17, 15) is 9.59 Å². The molecule has 4 nitrogen and oxygen atoms in total. The van der Waals surface area contributed by atoms with Crippen LogP contribution in [0.1, 0.15) is 27.4 Å². The average molecular weight is 320 g/mol. The number of carbonyl (C=O) groups is 2. The molecular formula is C20H16O4. The van der Waals surface area contributed by atoms with Crippen molar-refractivity contribution in [1.29, 1.82) is 0 Å². The van der Waals surface area contributed by atoms with Gasteiger partial charge in [-0.15, -0.1) is 0 Å². The molecule has 4 rings (SSSR count). The van der Waals surface area contributed by atoms with Gasteiger partial charge >= 0.3 is 5.97 Å². The van der Waals surface area contributed by atoms with Crippen molar-refractivity contribution in [2.45, 2.75) is 12.3 Å². The number of hydrogen-bond acceptors (Lipinski definition) is 4. The Labute approximate surface area is 139 Å². The Bertz CT molecular complexity index is 881. The molecule has 1 aliphatic heterocycles. The van der Waals surface area contributed by atoms with Gasteiger partial charge in [0.2, 0.25) is 0 Å². The average Bonchev–Trinajstić information content (AvgIpc) is 2.92. The summed E-state index contributed by atoms with van der Waals surface area (Å²) in [7, 11) is 1.60. The highest BCUT2D eigenvalue weighted by Gasteiger charge is 2.43. The number of methoxy groups -OCH3 is 1. The minimum Gasteiger partial charge on any atom is -0.497 e. The Hall–Kier alpha value is -2.88. The van der Waals surface area contributed by atoms with Crippen LogP contribution in [-0.2, 0) is 11.2 Å². The normalized spacial score (nSPS) is 22.0. The van der Waals surface area contributed by atoms with Gasteiger partial charge in [-0.25, -0.2) is 4.79 Å². The van der Waals surface area contributed by atoms with Gasteiger partial charge in [0, 0.05) is 28.5 Å². The van der Waals surface area contributed by atoms with E-state index in [1.807, 2.05) is 24.3 Å². The quantitative estimate of drug-likeness (QED) is 0.484. The predicted octanol–water partition coefficient (Wildman–Crippen LogP) is 3.31. The summed E-state index contributed by atoms with van der Waals surface area (Å²) in [5.74, 6) is 0.135. The van der Waals surface area contributed by atoms with E-state index in [2.05, 4.69) is 6.58 Å². The molecule has 2 aromatic rings. The Balaban J connectivity index is 1.78. The molecule has 0 fully saturated rings. The summed E-state index contributed by atoms with van der Waals surface area (Å²) >= 11 is 0. The molecule has 0 amide bonds. The highest BCUT2D eigenvalue weighted by Crippen LogP contribution is 2.46. The number of Topliss-reactive ketones (excluding diaryl/α,β-unsaturated/α-hetero) is 1. The summed E-state index contributed by atoms with van der Waals surface area (Å²) in [4.78, 5) is 25.1. The van der Waals surface area contributed by atoms with Crippen LogP contribution in [0.2, 0.25) is 0 Å². The van der Waals surface area contributed by atoms with Gasteiger partial charge in [-0.2, -0.15) is 0 Å². The van der Waals surface area contributed by atoms with Crippen LogP contribution in [0.5, 0.6) is 11.5 Å². The third kappa shape index (κ3) is 2.07. The minimum absolute atomic E-state index is 0.0447. The van der Waals surface area contributed by atoms with E-state index in [0.29, 0.717) is 23.3 Å². The Kier molecular flexibility index (Phi) is 3.27. The molecule has 2 aromatic carbocycles. The van der Waals surface area contributed by atoms with Crippen LogP contribution in [-0.4, -0.2) is 18.9 Å². The van der Waals surface area contributed by atoms with Gasteiger partial charge in [0.1, 0.15) is 11.5 Å². The van der Waals surface area contributed by atoms with Crippen molar-refractivity contribution in [3.05, 3.63) is 71.3 Å². The number of rotatable bonds is 2. The van der Waals surface area contributed by atoms with E-state index in [-0.39, 0.29) is 17.6 Å². The van der Waals surface area contributed by atoms with Crippen LogP contribution in [0.15, 0.2) is 54.6 Å². The molecule has 0 unspecified atom stereocenters. The van der Waals surface area contributed by atoms with Crippen molar-refractivity contribution in [3.63, 3.8) is 0 Å². The van der Waals surface area contributed by atoms with E-state index in [0.717, 1.165) is 16.9 Å². The molecule has 0 saturated heterocycles. The number of carbonyl (C=O) groups excluding carboxylic acids is 2. The lowest BCUT2D eigenvalue weighted by Crippen LogP contribution is -2.30. The Morgan fingerprint density at radius 1 is 1.17 bits per heavy atom. The van der Waals surface area contributed by atoms with Gasteiger partial charge in [0.25, 0.3) is 0 Å². The van der Waals surface area contributed by atoms with Crippen molar-refractivity contribution < 1.29 is 19.1 Å². The zero-order chi connectivity index (χ0) is 16.8. The highest BCUT2D eigenvalue weighted by molar-refractivity contribution is 6.05. The first-order valence-corrected chi connectivity index (χ1v) is 7.81. The standard InChI is InChI=1S/C20H16O4/c1-11-18(15-5-3-4-6-17(15)24-20(11)22)16-10-12-9-13(23-2)7-8-14(12)19(16)21/h3-9,16,18H,1,10H2,2H3/t16-,18-/m0/s1. The second kappa shape index (κ2) is 5.34. The lowest BCUT2D eigenvalue weighted by Gasteiger charge is -2.29. The van der Waals surface area contributed by atoms with Crippen molar-refractivity contribution in [3.8, 4) is 11.5 Å². The first kappa shape index (κ1) is 14.7. The van der Waals surface area contributed by atoms with Gasteiger partial charge in [-0.1, -0.05) is 24.8 Å². The fourth-order valence-corrected chi connectivity index (χ4v) is 3.67. The molecule has 1 aliphatic carbocycles. The summed E-state index contributed by atoms with van der Waals surface area (Å²) < 4.78 is 10.6. The lowest BCUT2D eigenvalue weighted by atomic mass is 9.77. The van der Waals surface area contributed by atoms with Gasteiger partial charge in [0.05, 0.1) is 7.11 Å². The van der Waals surface area contributed by atoms with Crippen LogP contribution in [0.4, 0.5) is 0 Å². The SMILES string of the molecule is C=C1C(=O)Oc2ccccc2[C@H]1[C@@H]1Cc2cc(OC)ccc2C1=O. The molecule has 1 heterocycles. The number of hydrogen-bond donors (Lipinski definition) is 0. The van der Waals surface area contributed by atoms with Gasteiger partial charge in [-0.05, 0) is 36.2 Å². The second-order valence-electron chi connectivity index (χ2n) is 6.13. The first-order valence-electron chi connectivity index (χ1n) is 7.81. The Morgan fingerprint density at radius 3 is 2.75 bits per heavy atom. The Morgan fingerprint density at radius 2 is 1.96 bits per heavy atom. The van der Waals surface area contributed by atoms with Crippen LogP contribution in [0.3, 0.4) is 0 Å². The molecule has 4 heteroatoms. The lowest BCUT2D eigenvalue weighted by molar-refractivity contribution is -0.131. The third-order valence-corrected chi connectivity index (χ3v) is 4.85. The number of esters is 1. The molecular weight excluding hydrogens is 304 g/mol. The van der Waals surface area contributed by atoms with Crippen molar-refractivity contribution in [2.75, 3.05) is 7.11 Å². The fraction of sp³-hybridized carbons (Fsp3) is 0.200. The first-order chi connectivity index (χ1) is 11.6. The number of ether oxygens (including phenoxy) is 2. The second-order valence-corrected chi connectivity index (χ2v) is 6.13. The van der Waals surface area contributed by atoms with E-state index in [1.165, 1.54) is 0 Å². The largest absolute Gasteiger partial charge is 0.497 e. The molecule has 2 aliphatic rings. The number of ketones is 1. The molecule has 0 bridgehead atoms. The van der Waals surface area contributed by atoms with E-state index >= 15 is 0 Å². The van der Waals surface area contributed by atoms with E-state index < -0.39 is 5.97 Å². The molecule has 0 radical (unpaired) electrons. The van der Waals surface area contributed by atoms with Gasteiger partial charge < -0.3 is 9.47 Å². The monoisotopic (exact) mass is 320 g/mol. The fourth-order valence-electron chi connectivity index (χ4n) is 3.67. The van der Waals surface area contributed by atoms with Gasteiger partial charge in [-0.3, -0.25) is 4.79 Å². The number of fused-ring (bicyclic) bond motifs is 2. The predicted molar refractivity (Wildman–Crippen MR) is 88.5 cm³/mol. The van der Waals surface area contributed by atoms with Crippen LogP contribution in [0, 0.1) is 5.92 Å². The van der Waals surface area contributed by atoms with Crippen LogP contribution in [0.25, 0.3) is 0 Å². The number of benzene rings is 2. The van der Waals surface area contributed by atoms with Crippen molar-refractivity contribution in [2.24, 2.45) is 5.92 Å². The maximum Gasteiger partial charge on any atom is 0.339 e. The zero-order valence-corrected chi connectivity index (χ0v) is 13.2. The topological polar surface area (TPSA) is 52.6 Å². The van der Waals surface area contributed by atoms with Gasteiger partial charge in [0.15, 0.2) is 5.78 Å². The smallest absolute Gasteiger partial charge is 0.339 e.